The van der Waals surface area contributed by atoms with E-state index in [0.29, 0.717) is 14.1 Å². The lowest BCUT2D eigenvalue weighted by atomic mass is 10.3. The lowest BCUT2D eigenvalue weighted by Gasteiger charge is -1.99. The van der Waals surface area contributed by atoms with Crippen molar-refractivity contribution in [2.75, 3.05) is 0 Å². The van der Waals surface area contributed by atoms with Gasteiger partial charge in [-0.05, 0) is 25.1 Å². The van der Waals surface area contributed by atoms with Crippen molar-refractivity contribution in [3.63, 3.8) is 0 Å². The van der Waals surface area contributed by atoms with Gasteiger partial charge in [0.15, 0.2) is 0 Å². The topological polar surface area (TPSA) is 63.4 Å². The Morgan fingerprint density at radius 2 is 2.21 bits per heavy atom. The van der Waals surface area contributed by atoms with Crippen molar-refractivity contribution in [1.29, 1.82) is 0 Å². The normalized spacial score (nSPS) is 12.4. The molecule has 4 nitrogen and oxygen atoms in total. The molecule has 1 aromatic carbocycles. The molecule has 0 aliphatic heterocycles. The highest BCUT2D eigenvalue weighted by atomic mass is 35.5. The van der Waals surface area contributed by atoms with Crippen molar-refractivity contribution >= 4 is 40.4 Å². The number of aliphatic hydroxyl groups is 1. The fourth-order valence-corrected chi connectivity index (χ4v) is 4.00. The Labute approximate surface area is 123 Å². The number of rotatable bonds is 4. The summed E-state index contributed by atoms with van der Waals surface area (Å²) in [6, 6.07) is 8.54. The zero-order valence-electron chi connectivity index (χ0n) is 9.87. The molecule has 1 aromatic heterocycles. The number of nitro groups is 1. The minimum absolute atomic E-state index is 0.0193. The SMILES string of the molecule is C[C@@H](O)c1cc([N+](=O)[O-])c(Sc2cccc(Cl)c2)s1. The molecule has 0 saturated heterocycles. The second-order valence-electron chi connectivity index (χ2n) is 3.81. The molecule has 7 heteroatoms. The first-order valence-electron chi connectivity index (χ1n) is 5.37. The number of benzene rings is 1. The van der Waals surface area contributed by atoms with Crippen molar-refractivity contribution in [2.45, 2.75) is 22.1 Å². The molecule has 2 rings (SSSR count). The average molecular weight is 316 g/mol. The van der Waals surface area contributed by atoms with Gasteiger partial charge in [0.25, 0.3) is 5.69 Å². The molecule has 100 valence electrons. The Bertz CT molecular complexity index is 613. The van der Waals surface area contributed by atoms with Crippen LogP contribution in [0.15, 0.2) is 39.4 Å². The summed E-state index contributed by atoms with van der Waals surface area (Å²) >= 11 is 8.39. The summed E-state index contributed by atoms with van der Waals surface area (Å²) in [5.41, 5.74) is 0.0193. The summed E-state index contributed by atoms with van der Waals surface area (Å²) in [5, 5.41) is 21.1. The minimum atomic E-state index is -0.711. The van der Waals surface area contributed by atoms with Gasteiger partial charge in [0.05, 0.1) is 11.0 Å². The van der Waals surface area contributed by atoms with Crippen LogP contribution in [-0.2, 0) is 0 Å². The van der Waals surface area contributed by atoms with Crippen LogP contribution in [0.5, 0.6) is 0 Å². The van der Waals surface area contributed by atoms with Gasteiger partial charge < -0.3 is 5.11 Å². The second kappa shape index (κ2) is 5.92. The number of aliphatic hydroxyl groups excluding tert-OH is 1. The van der Waals surface area contributed by atoms with Crippen LogP contribution in [0.4, 0.5) is 5.69 Å². The fraction of sp³-hybridized carbons (Fsp3) is 0.167. The molecule has 0 aliphatic rings. The number of nitrogens with zero attached hydrogens (tertiary/aromatic N) is 1. The molecule has 0 radical (unpaired) electrons. The van der Waals surface area contributed by atoms with Crippen LogP contribution in [0.25, 0.3) is 0 Å². The summed E-state index contributed by atoms with van der Waals surface area (Å²) < 4.78 is 0.545. The van der Waals surface area contributed by atoms with E-state index in [0.717, 1.165) is 4.90 Å². The minimum Gasteiger partial charge on any atom is -0.388 e. The first-order chi connectivity index (χ1) is 8.97. The summed E-state index contributed by atoms with van der Waals surface area (Å²) in [4.78, 5) is 12.0. The largest absolute Gasteiger partial charge is 0.388 e. The molecule has 1 heterocycles. The zero-order chi connectivity index (χ0) is 14.0. The average Bonchev–Trinajstić information content (AvgIpc) is 2.73. The number of thiophene rings is 1. The van der Waals surface area contributed by atoms with E-state index >= 15 is 0 Å². The maximum Gasteiger partial charge on any atom is 0.294 e. The van der Waals surface area contributed by atoms with Gasteiger partial charge in [-0.15, -0.1) is 11.3 Å². The van der Waals surface area contributed by atoms with Gasteiger partial charge >= 0.3 is 0 Å². The van der Waals surface area contributed by atoms with Gasteiger partial charge in [0.2, 0.25) is 0 Å². The molecule has 0 aliphatic carbocycles. The third kappa shape index (κ3) is 3.48. The van der Waals surface area contributed by atoms with E-state index in [1.165, 1.54) is 29.2 Å². The Hall–Kier alpha value is -1.08. The van der Waals surface area contributed by atoms with Crippen LogP contribution in [0, 0.1) is 10.1 Å². The second-order valence-corrected chi connectivity index (χ2v) is 6.68. The highest BCUT2D eigenvalue weighted by Gasteiger charge is 2.21. The van der Waals surface area contributed by atoms with E-state index in [1.807, 2.05) is 6.07 Å². The van der Waals surface area contributed by atoms with Crippen LogP contribution >= 0.6 is 34.7 Å². The summed E-state index contributed by atoms with van der Waals surface area (Å²) in [7, 11) is 0. The van der Waals surface area contributed by atoms with Crippen molar-refractivity contribution in [2.24, 2.45) is 0 Å². The number of hydrogen-bond acceptors (Lipinski definition) is 5. The van der Waals surface area contributed by atoms with Gasteiger partial charge in [-0.3, -0.25) is 10.1 Å². The van der Waals surface area contributed by atoms with E-state index in [2.05, 4.69) is 0 Å². The number of halogens is 1. The van der Waals surface area contributed by atoms with Gasteiger partial charge in [-0.2, -0.15) is 0 Å². The van der Waals surface area contributed by atoms with Gasteiger partial charge in [-0.1, -0.05) is 29.4 Å². The van der Waals surface area contributed by atoms with Crippen LogP contribution in [0.2, 0.25) is 5.02 Å². The molecule has 0 saturated carbocycles. The molecule has 0 unspecified atom stereocenters. The molecular weight excluding hydrogens is 306 g/mol. The smallest absolute Gasteiger partial charge is 0.294 e. The van der Waals surface area contributed by atoms with Gasteiger partial charge in [-0.25, -0.2) is 0 Å². The van der Waals surface area contributed by atoms with Crippen LogP contribution < -0.4 is 0 Å². The molecule has 0 fully saturated rings. The molecule has 0 amide bonds. The van der Waals surface area contributed by atoms with Crippen LogP contribution in [0.1, 0.15) is 17.9 Å². The molecule has 1 N–H and O–H groups in total. The van der Waals surface area contributed by atoms with E-state index in [1.54, 1.807) is 25.1 Å². The third-order valence-corrected chi connectivity index (χ3v) is 5.02. The monoisotopic (exact) mass is 315 g/mol. The Morgan fingerprint density at radius 1 is 1.47 bits per heavy atom. The first kappa shape index (κ1) is 14.3. The maximum absolute atomic E-state index is 11.0. The summed E-state index contributed by atoms with van der Waals surface area (Å²) in [5.74, 6) is 0. The predicted molar refractivity (Wildman–Crippen MR) is 77.2 cm³/mol. The van der Waals surface area contributed by atoms with Gasteiger partial charge in [0.1, 0.15) is 4.21 Å². The lowest BCUT2D eigenvalue weighted by Crippen LogP contribution is -1.87. The maximum atomic E-state index is 11.0. The summed E-state index contributed by atoms with van der Waals surface area (Å²) in [6.45, 7) is 1.59. The molecule has 1 atom stereocenters. The van der Waals surface area contributed by atoms with Crippen molar-refractivity contribution in [3.8, 4) is 0 Å². The van der Waals surface area contributed by atoms with Crippen molar-refractivity contribution in [3.05, 3.63) is 50.3 Å². The molecular formula is C12H10ClNO3S2. The first-order valence-corrected chi connectivity index (χ1v) is 7.38. The van der Waals surface area contributed by atoms with E-state index in [9.17, 15) is 15.2 Å². The standard InChI is InChI=1S/C12H10ClNO3S2/c1-7(15)11-6-10(14(16)17)12(19-11)18-9-4-2-3-8(13)5-9/h2-7,15H,1H3/t7-/m1/s1. The van der Waals surface area contributed by atoms with E-state index in [4.69, 9.17) is 11.6 Å². The Morgan fingerprint density at radius 3 is 2.79 bits per heavy atom. The third-order valence-electron chi connectivity index (χ3n) is 2.31. The Balaban J connectivity index is 2.36. The fourth-order valence-electron chi connectivity index (χ4n) is 1.43. The number of hydrogen-bond donors (Lipinski definition) is 1. The summed E-state index contributed by atoms with van der Waals surface area (Å²) in [6.07, 6.45) is -0.711. The van der Waals surface area contributed by atoms with E-state index in [-0.39, 0.29) is 5.69 Å². The quantitative estimate of drug-likeness (QED) is 0.665. The molecule has 2 aromatic rings. The molecule has 0 bridgehead atoms. The van der Waals surface area contributed by atoms with Crippen molar-refractivity contribution < 1.29 is 10.0 Å². The van der Waals surface area contributed by atoms with E-state index < -0.39 is 11.0 Å². The Kier molecular flexibility index (Phi) is 4.46. The predicted octanol–water partition coefficient (Wildman–Crippen LogP) is 4.51. The molecule has 0 spiro atoms. The highest BCUT2D eigenvalue weighted by molar-refractivity contribution is 8.01. The zero-order valence-corrected chi connectivity index (χ0v) is 12.3. The van der Waals surface area contributed by atoms with Crippen molar-refractivity contribution in [1.82, 2.24) is 0 Å². The lowest BCUT2D eigenvalue weighted by molar-refractivity contribution is -0.387. The van der Waals surface area contributed by atoms with Crippen LogP contribution in [0.3, 0.4) is 0 Å². The molecule has 19 heavy (non-hydrogen) atoms. The van der Waals surface area contributed by atoms with Gasteiger partial charge in [0, 0.05) is 20.9 Å². The highest BCUT2D eigenvalue weighted by Crippen LogP contribution is 2.43. The van der Waals surface area contributed by atoms with Crippen LogP contribution in [-0.4, -0.2) is 10.0 Å².